The molecule has 2 fully saturated rings. The van der Waals surface area contributed by atoms with Crippen molar-refractivity contribution in [3.8, 4) is 5.88 Å². The molecular formula is C26H29F4N5O2. The lowest BCUT2D eigenvalue weighted by Gasteiger charge is -2.29. The van der Waals surface area contributed by atoms with E-state index in [1.807, 2.05) is 23.9 Å². The highest BCUT2D eigenvalue weighted by Gasteiger charge is 2.37. The van der Waals surface area contributed by atoms with Gasteiger partial charge in [0.2, 0.25) is 0 Å². The minimum Gasteiger partial charge on any atom is -0.472 e. The maximum absolute atomic E-state index is 14.4. The molecule has 37 heavy (non-hydrogen) atoms. The number of hydrogen-bond donors (Lipinski definition) is 1. The van der Waals surface area contributed by atoms with Crippen LogP contribution in [0.25, 0.3) is 10.9 Å². The minimum atomic E-state index is -4.81. The van der Waals surface area contributed by atoms with Gasteiger partial charge in [-0.25, -0.2) is 14.4 Å². The summed E-state index contributed by atoms with van der Waals surface area (Å²) in [6.45, 7) is 2.73. The number of anilines is 1. The molecule has 1 N–H and O–H groups in total. The third kappa shape index (κ3) is 5.26. The fourth-order valence-electron chi connectivity index (χ4n) is 5.42. The SMILES string of the molecule is CCNc1cc2c(cn1)c(C1CCC(=O)CC1)nn2C1CCC(Oc2nccc(C(F)(F)F)c2F)CC1. The molecule has 5 rings (SSSR count). The van der Waals surface area contributed by atoms with Gasteiger partial charge in [0, 0.05) is 49.2 Å². The van der Waals surface area contributed by atoms with Gasteiger partial charge in [-0.15, -0.1) is 0 Å². The van der Waals surface area contributed by atoms with Crippen LogP contribution >= 0.6 is 0 Å². The summed E-state index contributed by atoms with van der Waals surface area (Å²) in [4.78, 5) is 20.0. The second-order valence-corrected chi connectivity index (χ2v) is 9.78. The van der Waals surface area contributed by atoms with Crippen molar-refractivity contribution in [3.63, 3.8) is 0 Å². The zero-order valence-electron chi connectivity index (χ0n) is 20.5. The molecule has 2 saturated carbocycles. The second-order valence-electron chi connectivity index (χ2n) is 9.78. The zero-order valence-corrected chi connectivity index (χ0v) is 20.5. The van der Waals surface area contributed by atoms with Crippen molar-refractivity contribution in [2.45, 2.75) is 82.5 Å². The Kier molecular flexibility index (Phi) is 7.04. The Labute approximate surface area is 211 Å². The Morgan fingerprint density at radius 2 is 1.84 bits per heavy atom. The number of ketones is 1. The van der Waals surface area contributed by atoms with Crippen molar-refractivity contribution < 1.29 is 27.1 Å². The molecule has 0 bridgehead atoms. The lowest BCUT2D eigenvalue weighted by Crippen LogP contribution is -2.27. The maximum atomic E-state index is 14.4. The molecule has 0 amide bonds. The lowest BCUT2D eigenvalue weighted by atomic mass is 9.85. The molecule has 0 aromatic carbocycles. The number of ether oxygens (including phenoxy) is 1. The number of pyridine rings is 2. The first-order chi connectivity index (χ1) is 17.7. The molecule has 3 aromatic rings. The summed E-state index contributed by atoms with van der Waals surface area (Å²) in [5, 5.41) is 9.24. The molecule has 0 saturated heterocycles. The number of carbonyl (C=O) groups is 1. The van der Waals surface area contributed by atoms with E-state index in [4.69, 9.17) is 9.84 Å². The Morgan fingerprint density at radius 1 is 1.11 bits per heavy atom. The van der Waals surface area contributed by atoms with E-state index in [0.717, 1.165) is 48.0 Å². The molecule has 0 atom stereocenters. The van der Waals surface area contributed by atoms with Crippen molar-refractivity contribution in [3.05, 3.63) is 41.6 Å². The third-order valence-corrected chi connectivity index (χ3v) is 7.34. The average molecular weight is 520 g/mol. The summed E-state index contributed by atoms with van der Waals surface area (Å²) < 4.78 is 61.2. The van der Waals surface area contributed by atoms with Crippen LogP contribution in [0.5, 0.6) is 5.88 Å². The Bertz CT molecular complexity index is 1270. The van der Waals surface area contributed by atoms with Crippen LogP contribution in [0.15, 0.2) is 24.5 Å². The van der Waals surface area contributed by atoms with Gasteiger partial charge in [0.05, 0.1) is 22.8 Å². The number of fused-ring (bicyclic) bond motifs is 1. The minimum absolute atomic E-state index is 0.0533. The van der Waals surface area contributed by atoms with E-state index in [1.165, 1.54) is 0 Å². The van der Waals surface area contributed by atoms with Gasteiger partial charge in [0.1, 0.15) is 17.7 Å². The molecule has 2 aliphatic carbocycles. The van der Waals surface area contributed by atoms with E-state index in [-0.39, 0.29) is 17.7 Å². The van der Waals surface area contributed by atoms with Gasteiger partial charge < -0.3 is 10.1 Å². The summed E-state index contributed by atoms with van der Waals surface area (Å²) in [5.74, 6) is -0.849. The summed E-state index contributed by atoms with van der Waals surface area (Å²) in [7, 11) is 0. The van der Waals surface area contributed by atoms with Gasteiger partial charge in [0.25, 0.3) is 5.88 Å². The number of nitrogens with one attached hydrogen (secondary N) is 1. The highest BCUT2D eigenvalue weighted by Crippen LogP contribution is 2.39. The number of aromatic nitrogens is 4. The van der Waals surface area contributed by atoms with Gasteiger partial charge in [-0.1, -0.05) is 0 Å². The number of carbonyl (C=O) groups excluding carboxylic acids is 1. The molecule has 198 valence electrons. The zero-order chi connectivity index (χ0) is 26.2. The molecule has 0 aliphatic heterocycles. The Morgan fingerprint density at radius 3 is 2.51 bits per heavy atom. The van der Waals surface area contributed by atoms with E-state index in [9.17, 15) is 22.4 Å². The highest BCUT2D eigenvalue weighted by atomic mass is 19.4. The molecule has 2 aliphatic rings. The Balaban J connectivity index is 1.36. The van der Waals surface area contributed by atoms with Crippen LogP contribution in [0.1, 0.15) is 81.5 Å². The summed E-state index contributed by atoms with van der Waals surface area (Å²) >= 11 is 0. The van der Waals surface area contributed by atoms with Crippen molar-refractivity contribution >= 4 is 22.5 Å². The standard InChI is InChI=1S/C26H29F4N5O2/c1-2-31-22-13-21-19(14-33-22)24(15-3-7-17(36)8-4-15)34-35(21)16-5-9-18(10-6-16)37-25-23(27)20(11-12-32-25)26(28,29)30/h11-16,18H,2-10H2,1H3,(H,31,33). The summed E-state index contributed by atoms with van der Waals surface area (Å²) in [5.41, 5.74) is 0.552. The molecule has 3 heterocycles. The number of nitrogens with zero attached hydrogens (tertiary/aromatic N) is 4. The van der Waals surface area contributed by atoms with Crippen molar-refractivity contribution in [2.24, 2.45) is 0 Å². The van der Waals surface area contributed by atoms with Gasteiger partial charge >= 0.3 is 6.18 Å². The molecule has 7 nitrogen and oxygen atoms in total. The number of alkyl halides is 3. The quantitative estimate of drug-likeness (QED) is 0.390. The first-order valence-electron chi connectivity index (χ1n) is 12.8. The fourth-order valence-corrected chi connectivity index (χ4v) is 5.42. The number of hydrogen-bond acceptors (Lipinski definition) is 6. The van der Waals surface area contributed by atoms with Crippen molar-refractivity contribution in [2.75, 3.05) is 11.9 Å². The molecule has 11 heteroatoms. The number of halogens is 4. The van der Waals surface area contributed by atoms with Crippen LogP contribution in [-0.2, 0) is 11.0 Å². The van der Waals surface area contributed by atoms with Crippen LogP contribution < -0.4 is 10.1 Å². The van der Waals surface area contributed by atoms with E-state index < -0.39 is 29.5 Å². The van der Waals surface area contributed by atoms with Crippen LogP contribution in [0, 0.1) is 5.82 Å². The van der Waals surface area contributed by atoms with Crippen LogP contribution in [0.4, 0.5) is 23.4 Å². The van der Waals surface area contributed by atoms with Gasteiger partial charge in [0.15, 0.2) is 5.82 Å². The second kappa shape index (κ2) is 10.3. The largest absolute Gasteiger partial charge is 0.472 e. The average Bonchev–Trinajstić information content (AvgIpc) is 3.24. The van der Waals surface area contributed by atoms with Crippen molar-refractivity contribution in [1.29, 1.82) is 0 Å². The summed E-state index contributed by atoms with van der Waals surface area (Å²) in [6, 6.07) is 2.66. The molecule has 0 unspecified atom stereocenters. The van der Waals surface area contributed by atoms with E-state index in [1.54, 1.807) is 0 Å². The molecular weight excluding hydrogens is 490 g/mol. The van der Waals surface area contributed by atoms with Gasteiger partial charge in [-0.05, 0) is 51.5 Å². The molecule has 0 radical (unpaired) electrons. The van der Waals surface area contributed by atoms with Crippen molar-refractivity contribution in [1.82, 2.24) is 19.7 Å². The first-order valence-corrected chi connectivity index (χ1v) is 12.8. The monoisotopic (exact) mass is 519 g/mol. The van der Waals surface area contributed by atoms with E-state index in [2.05, 4.69) is 15.3 Å². The number of rotatable bonds is 6. The fraction of sp³-hybridized carbons (Fsp3) is 0.538. The first kappa shape index (κ1) is 25.4. The van der Waals surface area contributed by atoms with Crippen LogP contribution in [0.2, 0.25) is 0 Å². The van der Waals surface area contributed by atoms with E-state index in [0.29, 0.717) is 44.6 Å². The molecule has 3 aromatic heterocycles. The highest BCUT2D eigenvalue weighted by molar-refractivity contribution is 5.85. The lowest BCUT2D eigenvalue weighted by molar-refractivity contribution is -0.140. The topological polar surface area (TPSA) is 81.9 Å². The predicted octanol–water partition coefficient (Wildman–Crippen LogP) is 6.21. The smallest absolute Gasteiger partial charge is 0.419 e. The maximum Gasteiger partial charge on any atom is 0.419 e. The van der Waals surface area contributed by atoms with Gasteiger partial charge in [-0.3, -0.25) is 9.48 Å². The predicted molar refractivity (Wildman–Crippen MR) is 129 cm³/mol. The van der Waals surface area contributed by atoms with Crippen LogP contribution in [-0.4, -0.2) is 38.2 Å². The number of Topliss-reactive ketones (excluding diaryl/α,β-unsaturated/α-hetero) is 1. The van der Waals surface area contributed by atoms with E-state index >= 15 is 0 Å². The van der Waals surface area contributed by atoms with Crippen LogP contribution in [0.3, 0.4) is 0 Å². The summed E-state index contributed by atoms with van der Waals surface area (Å²) in [6.07, 6.45) is 2.58. The van der Waals surface area contributed by atoms with Gasteiger partial charge in [-0.2, -0.15) is 18.3 Å². The third-order valence-electron chi connectivity index (χ3n) is 7.34. The Hall–Kier alpha value is -3.24. The normalized spacial score (nSPS) is 21.4. The molecule has 0 spiro atoms.